The minimum atomic E-state index is -1.10. The second-order valence-electron chi connectivity index (χ2n) is 3.05. The van der Waals surface area contributed by atoms with Gasteiger partial charge in [0.05, 0.1) is 6.20 Å². The van der Waals surface area contributed by atoms with E-state index in [-0.39, 0.29) is 0 Å². The van der Waals surface area contributed by atoms with Crippen LogP contribution in [-0.4, -0.2) is 30.2 Å². The van der Waals surface area contributed by atoms with Crippen molar-refractivity contribution in [2.24, 2.45) is 0 Å². The smallest absolute Gasteiger partial charge is 0.351 e. The molecule has 0 aliphatic heterocycles. The van der Waals surface area contributed by atoms with Crippen molar-refractivity contribution in [3.8, 4) is 0 Å². The van der Waals surface area contributed by atoms with Crippen molar-refractivity contribution in [2.45, 2.75) is 13.0 Å². The summed E-state index contributed by atoms with van der Waals surface area (Å²) in [6.45, 7) is 1.39. The lowest BCUT2D eigenvalue weighted by molar-refractivity contribution is -0.140. The molecule has 0 aliphatic rings. The summed E-state index contributed by atoms with van der Waals surface area (Å²) >= 11 is 0. The van der Waals surface area contributed by atoms with Crippen molar-refractivity contribution in [3.05, 3.63) is 29.1 Å². The van der Waals surface area contributed by atoms with Crippen molar-refractivity contribution in [1.82, 2.24) is 19.2 Å². The first kappa shape index (κ1) is 9.38. The number of carboxylic acid groups (broad SMARTS) is 1. The molecule has 2 aromatic heterocycles. The molecule has 7 heteroatoms. The molecule has 15 heavy (non-hydrogen) atoms. The lowest BCUT2D eigenvalue weighted by Crippen LogP contribution is -2.28. The standard InChI is InChI=1S/C8H8N4O3/c1-5(7(13)14)12-8(15)11-3-2-9-4-6(11)10-12/h2-5H,1H3,(H,13,14). The van der Waals surface area contributed by atoms with Crippen LogP contribution in [0.3, 0.4) is 0 Å². The molecule has 0 spiro atoms. The lowest BCUT2D eigenvalue weighted by Gasteiger charge is -2.02. The normalized spacial score (nSPS) is 12.9. The first-order valence-corrected chi connectivity index (χ1v) is 4.25. The van der Waals surface area contributed by atoms with Crippen LogP contribution >= 0.6 is 0 Å². The van der Waals surface area contributed by atoms with Gasteiger partial charge in [-0.3, -0.25) is 4.98 Å². The van der Waals surface area contributed by atoms with Gasteiger partial charge in [0.1, 0.15) is 0 Å². The predicted molar refractivity (Wildman–Crippen MR) is 49.6 cm³/mol. The third-order valence-electron chi connectivity index (χ3n) is 2.08. The molecule has 0 amide bonds. The molecule has 0 fully saturated rings. The monoisotopic (exact) mass is 208 g/mol. The molecular formula is C8H8N4O3. The Labute approximate surface area is 83.6 Å². The van der Waals surface area contributed by atoms with Crippen LogP contribution in [0.5, 0.6) is 0 Å². The molecule has 2 aromatic rings. The van der Waals surface area contributed by atoms with Crippen LogP contribution in [0, 0.1) is 0 Å². The lowest BCUT2D eigenvalue weighted by atomic mass is 10.4. The maximum Gasteiger partial charge on any atom is 0.351 e. The predicted octanol–water partition coefficient (Wildman–Crippen LogP) is -0.463. The largest absolute Gasteiger partial charge is 0.480 e. The molecule has 0 radical (unpaired) electrons. The fourth-order valence-corrected chi connectivity index (χ4v) is 1.21. The minimum absolute atomic E-state index is 0.329. The van der Waals surface area contributed by atoms with Crippen LogP contribution in [-0.2, 0) is 4.79 Å². The average Bonchev–Trinajstić information content (AvgIpc) is 2.56. The number of carboxylic acids is 1. The highest BCUT2D eigenvalue weighted by Gasteiger charge is 2.18. The SMILES string of the molecule is CC(C(=O)O)n1nc2cnccn2c1=O. The molecule has 1 N–H and O–H groups in total. The number of hydrogen-bond acceptors (Lipinski definition) is 4. The van der Waals surface area contributed by atoms with Crippen molar-refractivity contribution in [3.63, 3.8) is 0 Å². The number of rotatable bonds is 2. The summed E-state index contributed by atoms with van der Waals surface area (Å²) in [4.78, 5) is 26.1. The number of fused-ring (bicyclic) bond motifs is 1. The molecule has 1 atom stereocenters. The van der Waals surface area contributed by atoms with E-state index in [1.165, 1.54) is 29.9 Å². The first-order chi connectivity index (χ1) is 7.11. The topological polar surface area (TPSA) is 89.5 Å². The Hall–Kier alpha value is -2.18. The van der Waals surface area contributed by atoms with Gasteiger partial charge in [-0.25, -0.2) is 14.0 Å². The van der Waals surface area contributed by atoms with Crippen LogP contribution in [0.1, 0.15) is 13.0 Å². The third-order valence-corrected chi connectivity index (χ3v) is 2.08. The Bertz CT molecular complexity index is 571. The second-order valence-corrected chi connectivity index (χ2v) is 3.05. The van der Waals surface area contributed by atoms with Crippen LogP contribution in [0.2, 0.25) is 0 Å². The molecule has 0 saturated heterocycles. The maximum absolute atomic E-state index is 11.6. The summed E-state index contributed by atoms with van der Waals surface area (Å²) in [6, 6.07) is -0.989. The molecule has 1 unspecified atom stereocenters. The zero-order valence-electron chi connectivity index (χ0n) is 7.86. The number of aliphatic carboxylic acids is 1. The zero-order chi connectivity index (χ0) is 11.0. The van der Waals surface area contributed by atoms with E-state index in [2.05, 4.69) is 10.1 Å². The second kappa shape index (κ2) is 3.19. The van der Waals surface area contributed by atoms with E-state index in [0.717, 1.165) is 4.68 Å². The van der Waals surface area contributed by atoms with E-state index in [4.69, 9.17) is 5.11 Å². The molecule has 0 bridgehead atoms. The van der Waals surface area contributed by atoms with E-state index < -0.39 is 17.7 Å². The van der Waals surface area contributed by atoms with E-state index in [9.17, 15) is 9.59 Å². The summed E-state index contributed by atoms with van der Waals surface area (Å²) in [5.41, 5.74) is -0.155. The van der Waals surface area contributed by atoms with E-state index >= 15 is 0 Å². The molecule has 0 aromatic carbocycles. The summed E-state index contributed by atoms with van der Waals surface area (Å²) in [7, 11) is 0. The summed E-state index contributed by atoms with van der Waals surface area (Å²) < 4.78 is 2.16. The van der Waals surface area contributed by atoms with Gasteiger partial charge in [0.25, 0.3) is 0 Å². The summed E-state index contributed by atoms with van der Waals surface area (Å²) in [5, 5.41) is 12.6. The van der Waals surface area contributed by atoms with Crippen LogP contribution < -0.4 is 5.69 Å². The van der Waals surface area contributed by atoms with Crippen LogP contribution in [0.25, 0.3) is 5.65 Å². The quantitative estimate of drug-likeness (QED) is 0.721. The van der Waals surface area contributed by atoms with E-state index in [1.807, 2.05) is 0 Å². The molecule has 2 heterocycles. The number of carbonyl (C=O) groups is 1. The fourth-order valence-electron chi connectivity index (χ4n) is 1.21. The van der Waals surface area contributed by atoms with Gasteiger partial charge < -0.3 is 5.11 Å². The van der Waals surface area contributed by atoms with Crippen LogP contribution in [0.4, 0.5) is 0 Å². The van der Waals surface area contributed by atoms with Gasteiger partial charge in [0, 0.05) is 12.4 Å². The Morgan fingerprint density at radius 3 is 2.93 bits per heavy atom. The van der Waals surface area contributed by atoms with Crippen molar-refractivity contribution in [1.29, 1.82) is 0 Å². The average molecular weight is 208 g/mol. The van der Waals surface area contributed by atoms with Crippen molar-refractivity contribution >= 4 is 11.6 Å². The molecule has 2 rings (SSSR count). The fraction of sp³-hybridized carbons (Fsp3) is 0.250. The Morgan fingerprint density at radius 2 is 2.33 bits per heavy atom. The van der Waals surface area contributed by atoms with Gasteiger partial charge in [0.2, 0.25) is 0 Å². The summed E-state index contributed by atoms with van der Waals surface area (Å²) in [6.07, 6.45) is 4.27. The molecule has 7 nitrogen and oxygen atoms in total. The van der Waals surface area contributed by atoms with Crippen molar-refractivity contribution in [2.75, 3.05) is 0 Å². The number of nitrogens with zero attached hydrogens (tertiary/aromatic N) is 4. The Balaban J connectivity index is 2.68. The molecular weight excluding hydrogens is 200 g/mol. The molecule has 78 valence electrons. The highest BCUT2D eigenvalue weighted by Crippen LogP contribution is 2.01. The third kappa shape index (κ3) is 1.37. The zero-order valence-corrected chi connectivity index (χ0v) is 7.86. The van der Waals surface area contributed by atoms with Crippen LogP contribution in [0.15, 0.2) is 23.4 Å². The number of aromatic nitrogens is 4. The van der Waals surface area contributed by atoms with Gasteiger partial charge in [0.15, 0.2) is 11.7 Å². The van der Waals surface area contributed by atoms with Gasteiger partial charge in [-0.1, -0.05) is 0 Å². The highest BCUT2D eigenvalue weighted by atomic mass is 16.4. The van der Waals surface area contributed by atoms with Gasteiger partial charge in [-0.2, -0.15) is 4.68 Å². The van der Waals surface area contributed by atoms with Gasteiger partial charge in [-0.05, 0) is 6.92 Å². The maximum atomic E-state index is 11.6. The number of hydrogen-bond donors (Lipinski definition) is 1. The highest BCUT2D eigenvalue weighted by molar-refractivity contribution is 5.71. The van der Waals surface area contributed by atoms with Gasteiger partial charge >= 0.3 is 11.7 Å². The summed E-state index contributed by atoms with van der Waals surface area (Å²) in [5.74, 6) is -1.10. The Kier molecular flexibility index (Phi) is 2.00. The first-order valence-electron chi connectivity index (χ1n) is 4.25. The van der Waals surface area contributed by atoms with E-state index in [0.29, 0.717) is 5.65 Å². The minimum Gasteiger partial charge on any atom is -0.480 e. The van der Waals surface area contributed by atoms with Gasteiger partial charge in [-0.15, -0.1) is 5.10 Å². The Morgan fingerprint density at radius 1 is 1.60 bits per heavy atom. The molecule has 0 aliphatic carbocycles. The van der Waals surface area contributed by atoms with E-state index in [1.54, 1.807) is 0 Å². The molecule has 0 saturated carbocycles. The van der Waals surface area contributed by atoms with Crippen molar-refractivity contribution < 1.29 is 9.90 Å².